The molecule has 1 heterocycles. The molecular weight excluding hydrogens is 350 g/mol. The second kappa shape index (κ2) is 7.14. The van der Waals surface area contributed by atoms with Gasteiger partial charge in [-0.15, -0.1) is 0 Å². The second-order valence-corrected chi connectivity index (χ2v) is 7.78. The van der Waals surface area contributed by atoms with Crippen LogP contribution in [0.15, 0.2) is 42.5 Å². The average molecular weight is 375 g/mol. The number of halogens is 1. The van der Waals surface area contributed by atoms with E-state index in [0.29, 0.717) is 17.4 Å². The van der Waals surface area contributed by atoms with Gasteiger partial charge in [0.2, 0.25) is 0 Å². The summed E-state index contributed by atoms with van der Waals surface area (Å²) in [5.41, 5.74) is 1.05. The van der Waals surface area contributed by atoms with Gasteiger partial charge < -0.3 is 18.8 Å². The van der Waals surface area contributed by atoms with Crippen molar-refractivity contribution >= 4 is 24.2 Å². The van der Waals surface area contributed by atoms with Crippen molar-refractivity contribution in [2.24, 2.45) is 0 Å². The Morgan fingerprint density at radius 1 is 1.00 bits per heavy atom. The minimum Gasteiger partial charge on any atom is -0.497 e. The second-order valence-electron chi connectivity index (χ2n) is 7.37. The summed E-state index contributed by atoms with van der Waals surface area (Å²) in [6.45, 7) is 8.49. The van der Waals surface area contributed by atoms with Gasteiger partial charge in [-0.1, -0.05) is 29.8 Å². The first-order valence-corrected chi connectivity index (χ1v) is 9.01. The van der Waals surface area contributed by atoms with Crippen molar-refractivity contribution in [3.8, 4) is 11.5 Å². The van der Waals surface area contributed by atoms with E-state index in [0.717, 1.165) is 16.8 Å². The lowest BCUT2D eigenvalue weighted by Gasteiger charge is -2.32. The van der Waals surface area contributed by atoms with Gasteiger partial charge >= 0.3 is 7.12 Å². The van der Waals surface area contributed by atoms with Crippen LogP contribution in [0, 0.1) is 0 Å². The van der Waals surface area contributed by atoms with E-state index >= 15 is 0 Å². The summed E-state index contributed by atoms with van der Waals surface area (Å²) in [5.74, 6) is 1.39. The van der Waals surface area contributed by atoms with E-state index in [2.05, 4.69) is 0 Å². The Morgan fingerprint density at radius 3 is 2.27 bits per heavy atom. The maximum atomic E-state index is 6.20. The van der Waals surface area contributed by atoms with Gasteiger partial charge in [-0.3, -0.25) is 0 Å². The van der Waals surface area contributed by atoms with Gasteiger partial charge in [0.1, 0.15) is 18.1 Å². The van der Waals surface area contributed by atoms with Crippen molar-refractivity contribution in [1.29, 1.82) is 0 Å². The fourth-order valence-electron chi connectivity index (χ4n) is 2.75. The maximum Gasteiger partial charge on any atom is 0.495 e. The van der Waals surface area contributed by atoms with Crippen molar-refractivity contribution < 1.29 is 18.8 Å². The van der Waals surface area contributed by atoms with Crippen LogP contribution >= 0.6 is 11.6 Å². The molecule has 1 fully saturated rings. The molecule has 1 aliphatic heterocycles. The maximum absolute atomic E-state index is 6.20. The molecule has 1 saturated heterocycles. The molecule has 2 aromatic rings. The summed E-state index contributed by atoms with van der Waals surface area (Å²) in [4.78, 5) is 0. The van der Waals surface area contributed by atoms with Gasteiger partial charge in [0.15, 0.2) is 0 Å². The minimum absolute atomic E-state index is 0.334. The molecule has 138 valence electrons. The minimum atomic E-state index is -0.462. The fraction of sp³-hybridized carbons (Fsp3) is 0.400. The van der Waals surface area contributed by atoms with Crippen molar-refractivity contribution in [3.63, 3.8) is 0 Å². The molecule has 0 bridgehead atoms. The SMILES string of the molecule is COc1ccc(B2OC(C)(C)C(C)(C)O2)c(COc2ccccc2Cl)c1. The molecule has 1 aliphatic rings. The zero-order chi connectivity index (χ0) is 18.9. The number of hydrogen-bond acceptors (Lipinski definition) is 4. The Bertz CT molecular complexity index is 775. The zero-order valence-electron chi connectivity index (χ0n) is 15.8. The van der Waals surface area contributed by atoms with E-state index in [1.165, 1.54) is 0 Å². The van der Waals surface area contributed by atoms with Crippen molar-refractivity contribution in [1.82, 2.24) is 0 Å². The van der Waals surface area contributed by atoms with E-state index in [1.807, 2.05) is 64.1 Å². The molecule has 0 saturated carbocycles. The molecule has 6 heteroatoms. The standard InChI is InChI=1S/C20H24BClO4/c1-19(2)20(3,4)26-21(25-19)16-11-10-15(23-5)12-14(16)13-24-18-9-7-6-8-17(18)22/h6-12H,13H2,1-5H3. The van der Waals surface area contributed by atoms with Crippen LogP contribution < -0.4 is 14.9 Å². The summed E-state index contributed by atoms with van der Waals surface area (Å²) < 4.78 is 23.7. The smallest absolute Gasteiger partial charge is 0.495 e. The van der Waals surface area contributed by atoms with Crippen LogP contribution in [0.4, 0.5) is 0 Å². The lowest BCUT2D eigenvalue weighted by atomic mass is 9.76. The van der Waals surface area contributed by atoms with Crippen LogP contribution in [0.1, 0.15) is 33.3 Å². The predicted molar refractivity (Wildman–Crippen MR) is 104 cm³/mol. The Balaban J connectivity index is 1.88. The molecule has 0 unspecified atom stereocenters. The van der Waals surface area contributed by atoms with Gasteiger partial charge in [0, 0.05) is 0 Å². The first-order chi connectivity index (χ1) is 12.2. The quantitative estimate of drug-likeness (QED) is 0.734. The summed E-state index contributed by atoms with van der Waals surface area (Å²) in [6.07, 6.45) is 0. The number of ether oxygens (including phenoxy) is 2. The highest BCUT2D eigenvalue weighted by Gasteiger charge is 2.52. The third kappa shape index (κ3) is 3.70. The molecule has 0 N–H and O–H groups in total. The Hall–Kier alpha value is -1.69. The first kappa shape index (κ1) is 19.1. The molecule has 0 aromatic heterocycles. The van der Waals surface area contributed by atoms with Crippen LogP contribution in [-0.2, 0) is 15.9 Å². The van der Waals surface area contributed by atoms with Gasteiger partial charge in [-0.2, -0.15) is 0 Å². The van der Waals surface area contributed by atoms with Gasteiger partial charge in [0.25, 0.3) is 0 Å². The molecule has 4 nitrogen and oxygen atoms in total. The molecule has 0 radical (unpaired) electrons. The number of benzene rings is 2. The summed E-state index contributed by atoms with van der Waals surface area (Å²) in [5, 5.41) is 0.576. The van der Waals surface area contributed by atoms with E-state index in [9.17, 15) is 0 Å². The molecule has 0 aliphatic carbocycles. The molecule has 0 spiro atoms. The third-order valence-corrected chi connectivity index (χ3v) is 5.39. The molecule has 2 aromatic carbocycles. The zero-order valence-corrected chi connectivity index (χ0v) is 16.6. The normalized spacial score (nSPS) is 18.0. The van der Waals surface area contributed by atoms with E-state index in [1.54, 1.807) is 13.2 Å². The molecular formula is C20H24BClO4. The highest BCUT2D eigenvalue weighted by Crippen LogP contribution is 2.37. The van der Waals surface area contributed by atoms with Crippen molar-refractivity contribution in [3.05, 3.63) is 53.1 Å². The number of para-hydroxylation sites is 1. The summed E-state index contributed by atoms with van der Waals surface area (Å²) in [7, 11) is 1.18. The topological polar surface area (TPSA) is 36.9 Å². The summed E-state index contributed by atoms with van der Waals surface area (Å²) in [6, 6.07) is 13.2. The highest BCUT2D eigenvalue weighted by molar-refractivity contribution is 6.62. The molecule has 0 atom stereocenters. The lowest BCUT2D eigenvalue weighted by Crippen LogP contribution is -2.41. The summed E-state index contributed by atoms with van der Waals surface area (Å²) >= 11 is 6.19. The Morgan fingerprint density at radius 2 is 1.65 bits per heavy atom. The Kier molecular flexibility index (Phi) is 5.24. The van der Waals surface area contributed by atoms with E-state index in [-0.39, 0.29) is 0 Å². The third-order valence-electron chi connectivity index (χ3n) is 5.08. The van der Waals surface area contributed by atoms with Crippen LogP contribution in [0.2, 0.25) is 5.02 Å². The number of hydrogen-bond donors (Lipinski definition) is 0. The van der Waals surface area contributed by atoms with Crippen molar-refractivity contribution in [2.45, 2.75) is 45.5 Å². The molecule has 3 rings (SSSR count). The predicted octanol–water partition coefficient (Wildman–Crippen LogP) is 4.23. The largest absolute Gasteiger partial charge is 0.497 e. The van der Waals surface area contributed by atoms with Gasteiger partial charge in [-0.05, 0) is 63.0 Å². The average Bonchev–Trinajstić information content (AvgIpc) is 2.81. The van der Waals surface area contributed by atoms with Crippen LogP contribution in [0.5, 0.6) is 11.5 Å². The van der Waals surface area contributed by atoms with E-state index in [4.69, 9.17) is 30.4 Å². The molecule has 26 heavy (non-hydrogen) atoms. The van der Waals surface area contributed by atoms with Gasteiger partial charge in [0.05, 0.1) is 23.3 Å². The van der Waals surface area contributed by atoms with Crippen LogP contribution in [-0.4, -0.2) is 25.4 Å². The fourth-order valence-corrected chi connectivity index (χ4v) is 2.94. The number of rotatable bonds is 5. The highest BCUT2D eigenvalue weighted by atomic mass is 35.5. The van der Waals surface area contributed by atoms with Crippen molar-refractivity contribution in [2.75, 3.05) is 7.11 Å². The molecule has 0 amide bonds. The van der Waals surface area contributed by atoms with Crippen LogP contribution in [0.3, 0.4) is 0 Å². The monoisotopic (exact) mass is 374 g/mol. The number of methoxy groups -OCH3 is 1. The van der Waals surface area contributed by atoms with Crippen LogP contribution in [0.25, 0.3) is 0 Å². The van der Waals surface area contributed by atoms with Gasteiger partial charge in [-0.25, -0.2) is 0 Å². The Labute approximate surface area is 160 Å². The first-order valence-electron chi connectivity index (χ1n) is 8.63. The lowest BCUT2D eigenvalue weighted by molar-refractivity contribution is 0.00578. The van der Waals surface area contributed by atoms with E-state index < -0.39 is 18.3 Å².